The molecule has 1 unspecified atom stereocenters. The topological polar surface area (TPSA) is 124 Å². The minimum absolute atomic E-state index is 0.317. The van der Waals surface area contributed by atoms with Crippen LogP contribution in [0.2, 0.25) is 0 Å². The van der Waals surface area contributed by atoms with Crippen molar-refractivity contribution in [3.8, 4) is 0 Å². The molecule has 0 spiro atoms. The van der Waals surface area contributed by atoms with Gasteiger partial charge in [0, 0.05) is 0 Å². The van der Waals surface area contributed by atoms with Gasteiger partial charge in [0.15, 0.2) is 12.7 Å². The lowest BCUT2D eigenvalue weighted by Gasteiger charge is -2.11. The quantitative estimate of drug-likeness (QED) is 0.440. The first-order chi connectivity index (χ1) is 9.54. The predicted octanol–water partition coefficient (Wildman–Crippen LogP) is -2.84. The molecule has 1 aliphatic heterocycles. The number of ether oxygens (including phenoxy) is 1. The molecule has 1 aliphatic rings. The second-order valence-corrected chi connectivity index (χ2v) is 4.77. The van der Waals surface area contributed by atoms with Crippen LogP contribution in [0.4, 0.5) is 0 Å². The van der Waals surface area contributed by atoms with Gasteiger partial charge in [-0.3, -0.25) is 14.3 Å². The van der Waals surface area contributed by atoms with E-state index in [-0.39, 0.29) is 5.56 Å². The molecule has 2 aromatic rings. The van der Waals surface area contributed by atoms with Gasteiger partial charge < -0.3 is 20.1 Å². The van der Waals surface area contributed by atoms with E-state index >= 15 is 0 Å². The van der Waals surface area contributed by atoms with Crippen LogP contribution in [0.3, 0.4) is 0 Å². The molecule has 3 heterocycles. The van der Waals surface area contributed by atoms with Crippen molar-refractivity contribution >= 4 is 11.2 Å². The molecule has 3 rings (SSSR count). The molecule has 9 nitrogen and oxygen atoms in total. The van der Waals surface area contributed by atoms with Crippen LogP contribution in [0.5, 0.6) is 0 Å². The minimum Gasteiger partial charge on any atom is -0.394 e. The van der Waals surface area contributed by atoms with Gasteiger partial charge in [0.1, 0.15) is 18.3 Å². The maximum Gasteiger partial charge on any atom is 0.311 e. The minimum atomic E-state index is -1.22. The summed E-state index contributed by atoms with van der Waals surface area (Å²) in [6, 6.07) is 0. The molecule has 108 valence electrons. The molecular weight excluding hydrogens is 268 g/mol. The van der Waals surface area contributed by atoms with Crippen molar-refractivity contribution in [3.63, 3.8) is 0 Å². The van der Waals surface area contributed by atoms with Crippen molar-refractivity contribution in [2.24, 2.45) is 7.05 Å². The van der Waals surface area contributed by atoms with Crippen LogP contribution >= 0.6 is 0 Å². The first kappa shape index (κ1) is 13.2. The Morgan fingerprint density at radius 3 is 2.90 bits per heavy atom. The van der Waals surface area contributed by atoms with Crippen LogP contribution in [-0.4, -0.2) is 54.8 Å². The van der Waals surface area contributed by atoms with Gasteiger partial charge in [-0.25, -0.2) is 4.57 Å². The number of hydrogen-bond donors (Lipinski definition) is 4. The molecule has 0 amide bonds. The molecule has 0 aliphatic carbocycles. The molecule has 20 heavy (non-hydrogen) atoms. The van der Waals surface area contributed by atoms with Crippen LogP contribution in [0, 0.1) is 0 Å². The van der Waals surface area contributed by atoms with Gasteiger partial charge in [-0.1, -0.05) is 4.98 Å². The van der Waals surface area contributed by atoms with E-state index in [4.69, 9.17) is 9.84 Å². The summed E-state index contributed by atoms with van der Waals surface area (Å²) in [5.74, 6) is 0. The second kappa shape index (κ2) is 4.63. The predicted molar refractivity (Wildman–Crippen MR) is 64.5 cm³/mol. The molecule has 4 atom stereocenters. The Morgan fingerprint density at radius 1 is 1.50 bits per heavy atom. The molecule has 2 aromatic heterocycles. The zero-order chi connectivity index (χ0) is 14.4. The van der Waals surface area contributed by atoms with Crippen molar-refractivity contribution in [1.82, 2.24) is 14.5 Å². The fraction of sp³-hybridized carbons (Fsp3) is 0.545. The Kier molecular flexibility index (Phi) is 3.05. The molecule has 1 fully saturated rings. The molecule has 4 N–H and O–H groups in total. The Hall–Kier alpha value is -1.81. The van der Waals surface area contributed by atoms with Crippen LogP contribution in [0.25, 0.3) is 11.2 Å². The van der Waals surface area contributed by atoms with E-state index < -0.39 is 31.1 Å². The van der Waals surface area contributed by atoms with Gasteiger partial charge in [-0.15, -0.1) is 0 Å². The lowest BCUT2D eigenvalue weighted by molar-refractivity contribution is -0.745. The van der Waals surface area contributed by atoms with Gasteiger partial charge in [0.2, 0.25) is 11.7 Å². The number of fused-ring (bicyclic) bond motifs is 1. The average Bonchev–Trinajstić information content (AvgIpc) is 2.90. The fourth-order valence-electron chi connectivity index (χ4n) is 2.49. The third-order valence-corrected chi connectivity index (χ3v) is 3.50. The average molecular weight is 283 g/mol. The maximum atomic E-state index is 11.8. The Bertz CT molecular complexity index is 696. The SMILES string of the molecule is Cn1c[n+](C2O[C@H](CO)[C@@H](O)[C@H]2O)c2nc[nH]c(=O)c21. The number of aliphatic hydroxyl groups excluding tert-OH is 3. The third-order valence-electron chi connectivity index (χ3n) is 3.50. The maximum absolute atomic E-state index is 11.8. The van der Waals surface area contributed by atoms with E-state index in [0.717, 1.165) is 0 Å². The van der Waals surface area contributed by atoms with E-state index in [2.05, 4.69) is 9.97 Å². The molecule has 0 bridgehead atoms. The number of rotatable bonds is 2. The number of aromatic amines is 1. The Balaban J connectivity index is 2.12. The summed E-state index contributed by atoms with van der Waals surface area (Å²) in [7, 11) is 1.66. The first-order valence-corrected chi connectivity index (χ1v) is 6.11. The number of aliphatic hydroxyl groups is 3. The van der Waals surface area contributed by atoms with Gasteiger partial charge in [0.25, 0.3) is 5.56 Å². The van der Waals surface area contributed by atoms with Crippen molar-refractivity contribution in [1.29, 1.82) is 0 Å². The largest absolute Gasteiger partial charge is 0.394 e. The molecule has 9 heteroatoms. The standard InChI is InChI=1S/C11H14N4O5/c1-14-4-15(9-6(14)10(19)13-3-12-9)11-8(18)7(17)5(2-16)20-11/h3-5,7-8,11,16-18H,2H2,1H3/p+1/t5-,7-,8-,11?/m1/s1. The van der Waals surface area contributed by atoms with Gasteiger partial charge in [-0.05, 0) is 0 Å². The summed E-state index contributed by atoms with van der Waals surface area (Å²) >= 11 is 0. The highest BCUT2D eigenvalue weighted by atomic mass is 16.6. The molecule has 1 saturated heterocycles. The first-order valence-electron chi connectivity index (χ1n) is 6.11. The van der Waals surface area contributed by atoms with E-state index in [9.17, 15) is 15.0 Å². The molecule has 0 radical (unpaired) electrons. The van der Waals surface area contributed by atoms with Crippen LogP contribution in [0.15, 0.2) is 17.4 Å². The monoisotopic (exact) mass is 283 g/mol. The third kappa shape index (κ3) is 1.75. The summed E-state index contributed by atoms with van der Waals surface area (Å²) in [5, 5.41) is 28.9. The summed E-state index contributed by atoms with van der Waals surface area (Å²) in [6.45, 7) is -0.409. The van der Waals surface area contributed by atoms with Crippen LogP contribution in [0.1, 0.15) is 6.23 Å². The summed E-state index contributed by atoms with van der Waals surface area (Å²) < 4.78 is 8.45. The normalized spacial score (nSPS) is 30.2. The highest BCUT2D eigenvalue weighted by Crippen LogP contribution is 2.26. The highest BCUT2D eigenvalue weighted by molar-refractivity contribution is 5.65. The number of hydrogen-bond acceptors (Lipinski definition) is 6. The molecule has 0 aromatic carbocycles. The number of nitrogens with zero attached hydrogens (tertiary/aromatic N) is 3. The molecular formula is C11H15N4O5+. The Morgan fingerprint density at radius 2 is 2.25 bits per heavy atom. The number of aromatic nitrogens is 4. The number of nitrogens with one attached hydrogen (secondary N) is 1. The zero-order valence-corrected chi connectivity index (χ0v) is 10.7. The van der Waals surface area contributed by atoms with Crippen molar-refractivity contribution in [3.05, 3.63) is 23.0 Å². The number of aryl methyl sites for hydroxylation is 1. The van der Waals surface area contributed by atoms with Crippen molar-refractivity contribution in [2.45, 2.75) is 24.5 Å². The zero-order valence-electron chi connectivity index (χ0n) is 10.7. The van der Waals surface area contributed by atoms with E-state index in [1.165, 1.54) is 10.9 Å². The lowest BCUT2D eigenvalue weighted by atomic mass is 10.1. The summed E-state index contributed by atoms with van der Waals surface area (Å²) in [4.78, 5) is 18.3. The fourth-order valence-corrected chi connectivity index (χ4v) is 2.49. The van der Waals surface area contributed by atoms with E-state index in [0.29, 0.717) is 11.2 Å². The Labute approximate surface area is 112 Å². The summed E-state index contributed by atoms with van der Waals surface area (Å²) in [5.41, 5.74) is 0.333. The van der Waals surface area contributed by atoms with Gasteiger partial charge in [-0.2, -0.15) is 0 Å². The van der Waals surface area contributed by atoms with Crippen LogP contribution < -0.4 is 10.1 Å². The van der Waals surface area contributed by atoms with Crippen molar-refractivity contribution < 1.29 is 24.6 Å². The van der Waals surface area contributed by atoms with E-state index in [1.807, 2.05) is 0 Å². The molecule has 0 saturated carbocycles. The van der Waals surface area contributed by atoms with Crippen molar-refractivity contribution in [2.75, 3.05) is 6.61 Å². The summed E-state index contributed by atoms with van der Waals surface area (Å²) in [6.07, 6.45) is -1.41. The number of H-pyrrole nitrogens is 1. The van der Waals surface area contributed by atoms with E-state index in [1.54, 1.807) is 17.9 Å². The van der Waals surface area contributed by atoms with Crippen LogP contribution in [-0.2, 0) is 11.8 Å². The van der Waals surface area contributed by atoms with Gasteiger partial charge in [0.05, 0.1) is 13.7 Å². The number of imidazole rings is 1. The van der Waals surface area contributed by atoms with Gasteiger partial charge >= 0.3 is 5.65 Å². The second-order valence-electron chi connectivity index (χ2n) is 4.77. The smallest absolute Gasteiger partial charge is 0.311 e. The highest BCUT2D eigenvalue weighted by Gasteiger charge is 2.46. The lowest BCUT2D eigenvalue weighted by Crippen LogP contribution is -2.46.